The number of rotatable bonds is 6. The van der Waals surface area contributed by atoms with Gasteiger partial charge in [-0.25, -0.2) is 0 Å². The highest BCUT2D eigenvalue weighted by atomic mass is 15.1. The van der Waals surface area contributed by atoms with Gasteiger partial charge in [-0.1, -0.05) is 19.4 Å². The normalized spacial score (nSPS) is 20.2. The van der Waals surface area contributed by atoms with Gasteiger partial charge in [-0.3, -0.25) is 9.88 Å². The van der Waals surface area contributed by atoms with E-state index in [0.29, 0.717) is 0 Å². The topological polar surface area (TPSA) is 28.2 Å². The van der Waals surface area contributed by atoms with E-state index in [0.717, 1.165) is 19.1 Å². The Morgan fingerprint density at radius 1 is 1.39 bits per heavy atom. The zero-order valence-corrected chi connectivity index (χ0v) is 11.4. The number of pyridine rings is 1. The Morgan fingerprint density at radius 2 is 2.33 bits per heavy atom. The van der Waals surface area contributed by atoms with E-state index >= 15 is 0 Å². The monoisotopic (exact) mass is 247 g/mol. The Bertz CT molecular complexity index is 320. The molecule has 3 nitrogen and oxygen atoms in total. The molecule has 0 aliphatic carbocycles. The predicted molar refractivity (Wildman–Crippen MR) is 75.4 cm³/mol. The molecule has 1 atom stereocenters. The Labute approximate surface area is 111 Å². The van der Waals surface area contributed by atoms with Gasteiger partial charge in [0.15, 0.2) is 0 Å². The van der Waals surface area contributed by atoms with E-state index in [1.165, 1.54) is 44.5 Å². The second-order valence-corrected chi connectivity index (χ2v) is 5.13. The summed E-state index contributed by atoms with van der Waals surface area (Å²) < 4.78 is 0. The summed E-state index contributed by atoms with van der Waals surface area (Å²) in [4.78, 5) is 6.89. The minimum absolute atomic E-state index is 0.733. The smallest absolute Gasteiger partial charge is 0.0543 e. The number of aromatic nitrogens is 1. The molecular formula is C15H25N3. The van der Waals surface area contributed by atoms with Crippen molar-refractivity contribution in [2.75, 3.05) is 19.6 Å². The highest BCUT2D eigenvalue weighted by molar-refractivity contribution is 5.03. The number of hydrogen-bond acceptors (Lipinski definition) is 3. The summed E-state index contributed by atoms with van der Waals surface area (Å²) in [5, 5.41) is 3.62. The van der Waals surface area contributed by atoms with Crippen molar-refractivity contribution in [3.05, 3.63) is 30.1 Å². The molecule has 2 heterocycles. The first-order chi connectivity index (χ1) is 8.88. The van der Waals surface area contributed by atoms with Crippen LogP contribution >= 0.6 is 0 Å². The van der Waals surface area contributed by atoms with E-state index in [2.05, 4.69) is 34.3 Å². The third kappa shape index (κ3) is 4.39. The zero-order chi connectivity index (χ0) is 12.6. The molecule has 1 aromatic heterocycles. The molecule has 1 saturated heterocycles. The van der Waals surface area contributed by atoms with Crippen LogP contribution in [-0.2, 0) is 6.54 Å². The summed E-state index contributed by atoms with van der Waals surface area (Å²) in [5.74, 6) is 0. The lowest BCUT2D eigenvalue weighted by Gasteiger charge is -2.27. The molecule has 0 bridgehead atoms. The van der Waals surface area contributed by atoms with Gasteiger partial charge in [0.25, 0.3) is 0 Å². The standard InChI is InChI=1S/C15H25N3/c1-2-18(13-15-8-4-6-11-17-15)12-9-14-7-3-5-10-16-14/h4,6,8,11,14,16H,2-3,5,7,9-10,12-13H2,1H3. The molecule has 1 aromatic rings. The van der Waals surface area contributed by atoms with Crippen LogP contribution in [0.2, 0.25) is 0 Å². The summed E-state index contributed by atoms with van der Waals surface area (Å²) in [6, 6.07) is 6.89. The van der Waals surface area contributed by atoms with Crippen molar-refractivity contribution in [1.82, 2.24) is 15.2 Å². The quantitative estimate of drug-likeness (QED) is 0.837. The minimum Gasteiger partial charge on any atom is -0.314 e. The van der Waals surface area contributed by atoms with Crippen LogP contribution in [0.4, 0.5) is 0 Å². The third-order valence-corrected chi connectivity index (χ3v) is 3.77. The minimum atomic E-state index is 0.733. The van der Waals surface area contributed by atoms with Crippen LogP contribution in [0.25, 0.3) is 0 Å². The molecule has 1 aliphatic heterocycles. The lowest BCUT2D eigenvalue weighted by atomic mass is 10.0. The molecule has 1 N–H and O–H groups in total. The average molecular weight is 247 g/mol. The number of hydrogen-bond donors (Lipinski definition) is 1. The van der Waals surface area contributed by atoms with Crippen LogP contribution < -0.4 is 5.32 Å². The first kappa shape index (κ1) is 13.5. The van der Waals surface area contributed by atoms with Gasteiger partial charge in [-0.15, -0.1) is 0 Å². The maximum atomic E-state index is 4.40. The molecule has 0 radical (unpaired) electrons. The van der Waals surface area contributed by atoms with Gasteiger partial charge < -0.3 is 5.32 Å². The highest BCUT2D eigenvalue weighted by Gasteiger charge is 2.13. The summed E-state index contributed by atoms with van der Waals surface area (Å²) in [5.41, 5.74) is 1.18. The molecule has 100 valence electrons. The largest absolute Gasteiger partial charge is 0.314 e. The van der Waals surface area contributed by atoms with E-state index in [9.17, 15) is 0 Å². The summed E-state index contributed by atoms with van der Waals surface area (Å²) in [6.07, 6.45) is 7.24. The van der Waals surface area contributed by atoms with Crippen molar-refractivity contribution in [3.8, 4) is 0 Å². The molecule has 1 aliphatic rings. The van der Waals surface area contributed by atoms with Crippen molar-refractivity contribution < 1.29 is 0 Å². The van der Waals surface area contributed by atoms with Crippen molar-refractivity contribution >= 4 is 0 Å². The van der Waals surface area contributed by atoms with Crippen LogP contribution in [0, 0.1) is 0 Å². The maximum absolute atomic E-state index is 4.40. The second kappa shape index (κ2) is 7.49. The number of nitrogens with zero attached hydrogens (tertiary/aromatic N) is 2. The lowest BCUT2D eigenvalue weighted by molar-refractivity contribution is 0.247. The fourth-order valence-electron chi connectivity index (χ4n) is 2.58. The van der Waals surface area contributed by atoms with Gasteiger partial charge in [0.1, 0.15) is 0 Å². The molecule has 0 amide bonds. The molecule has 0 spiro atoms. The van der Waals surface area contributed by atoms with Gasteiger partial charge in [-0.2, -0.15) is 0 Å². The van der Waals surface area contributed by atoms with E-state index in [-0.39, 0.29) is 0 Å². The van der Waals surface area contributed by atoms with E-state index in [4.69, 9.17) is 0 Å². The summed E-state index contributed by atoms with van der Waals surface area (Å²) >= 11 is 0. The zero-order valence-electron chi connectivity index (χ0n) is 11.4. The molecular weight excluding hydrogens is 222 g/mol. The molecule has 18 heavy (non-hydrogen) atoms. The molecule has 0 saturated carbocycles. The first-order valence-electron chi connectivity index (χ1n) is 7.24. The lowest BCUT2D eigenvalue weighted by Crippen LogP contribution is -2.37. The van der Waals surface area contributed by atoms with E-state index in [1.54, 1.807) is 0 Å². The van der Waals surface area contributed by atoms with Gasteiger partial charge >= 0.3 is 0 Å². The fraction of sp³-hybridized carbons (Fsp3) is 0.667. The van der Waals surface area contributed by atoms with Crippen molar-refractivity contribution in [1.29, 1.82) is 0 Å². The Hall–Kier alpha value is -0.930. The molecule has 3 heteroatoms. The first-order valence-corrected chi connectivity index (χ1v) is 7.24. The highest BCUT2D eigenvalue weighted by Crippen LogP contribution is 2.11. The molecule has 2 rings (SSSR count). The van der Waals surface area contributed by atoms with Crippen molar-refractivity contribution in [2.45, 2.75) is 45.2 Å². The Balaban J connectivity index is 1.75. The SMILES string of the molecule is CCN(CCC1CCCCN1)Cc1ccccn1. The van der Waals surface area contributed by atoms with E-state index < -0.39 is 0 Å². The van der Waals surface area contributed by atoms with Crippen LogP contribution in [0.3, 0.4) is 0 Å². The third-order valence-electron chi connectivity index (χ3n) is 3.77. The number of nitrogens with one attached hydrogen (secondary N) is 1. The maximum Gasteiger partial charge on any atom is 0.0543 e. The molecule has 1 unspecified atom stereocenters. The molecule has 1 fully saturated rings. The number of piperidine rings is 1. The Morgan fingerprint density at radius 3 is 3.00 bits per heavy atom. The van der Waals surface area contributed by atoms with Gasteiger partial charge in [0.2, 0.25) is 0 Å². The predicted octanol–water partition coefficient (Wildman–Crippen LogP) is 2.44. The fourth-order valence-corrected chi connectivity index (χ4v) is 2.58. The van der Waals surface area contributed by atoms with Crippen LogP contribution in [0.1, 0.15) is 38.3 Å². The Kier molecular flexibility index (Phi) is 5.62. The van der Waals surface area contributed by atoms with Gasteiger partial charge in [-0.05, 0) is 44.5 Å². The van der Waals surface area contributed by atoms with Gasteiger partial charge in [0.05, 0.1) is 5.69 Å². The van der Waals surface area contributed by atoms with Crippen LogP contribution in [0.15, 0.2) is 24.4 Å². The van der Waals surface area contributed by atoms with E-state index in [1.807, 2.05) is 12.3 Å². The van der Waals surface area contributed by atoms with Gasteiger partial charge in [0, 0.05) is 25.3 Å². The molecule has 0 aromatic carbocycles. The second-order valence-electron chi connectivity index (χ2n) is 5.13. The average Bonchev–Trinajstić information content (AvgIpc) is 2.45. The summed E-state index contributed by atoms with van der Waals surface area (Å²) in [6.45, 7) is 6.69. The summed E-state index contributed by atoms with van der Waals surface area (Å²) in [7, 11) is 0. The van der Waals surface area contributed by atoms with Crippen LogP contribution in [-0.4, -0.2) is 35.6 Å². The van der Waals surface area contributed by atoms with Crippen molar-refractivity contribution in [2.24, 2.45) is 0 Å². The van der Waals surface area contributed by atoms with Crippen molar-refractivity contribution in [3.63, 3.8) is 0 Å². The van der Waals surface area contributed by atoms with Crippen LogP contribution in [0.5, 0.6) is 0 Å².